The van der Waals surface area contributed by atoms with Gasteiger partial charge in [-0.1, -0.05) is 6.92 Å². The topological polar surface area (TPSA) is 124 Å². The Balaban J connectivity index is 1.88. The number of halogens is 1. The molecule has 8 heteroatoms. The summed E-state index contributed by atoms with van der Waals surface area (Å²) < 4.78 is 0.594. The number of ketones is 1. The molecule has 0 radical (unpaired) electrons. The monoisotopic (exact) mass is 524 g/mol. The zero-order valence-electron chi connectivity index (χ0n) is 17.1. The molecule has 0 aromatic heterocycles. The van der Waals surface area contributed by atoms with Gasteiger partial charge in [0.15, 0.2) is 5.78 Å². The predicted octanol–water partition coefficient (Wildman–Crippen LogP) is 3.05. The van der Waals surface area contributed by atoms with Crippen LogP contribution in [0.1, 0.15) is 30.9 Å². The summed E-state index contributed by atoms with van der Waals surface area (Å²) in [7, 11) is 3.80. The molecule has 160 valence electrons. The maximum atomic E-state index is 13.5. The molecule has 3 aliphatic rings. The van der Waals surface area contributed by atoms with Crippen LogP contribution in [0, 0.1) is 27.2 Å². The summed E-state index contributed by atoms with van der Waals surface area (Å²) in [5.74, 6) is -2.56. The molecule has 1 aromatic carbocycles. The van der Waals surface area contributed by atoms with E-state index in [1.54, 1.807) is 6.92 Å². The van der Waals surface area contributed by atoms with E-state index >= 15 is 0 Å². The highest BCUT2D eigenvalue weighted by molar-refractivity contribution is 14.1. The lowest BCUT2D eigenvalue weighted by molar-refractivity contribution is -0.126. The Morgan fingerprint density at radius 1 is 1.23 bits per heavy atom. The lowest BCUT2D eigenvalue weighted by Gasteiger charge is -2.44. The maximum absolute atomic E-state index is 13.5. The minimum atomic E-state index is -0.719. The number of Topliss-reactive ketones (excluding diaryl/α,β-unsaturated/α-hetero) is 1. The van der Waals surface area contributed by atoms with E-state index in [4.69, 9.17) is 5.73 Å². The van der Waals surface area contributed by atoms with Gasteiger partial charge in [0, 0.05) is 43.6 Å². The van der Waals surface area contributed by atoms with Gasteiger partial charge < -0.3 is 26.0 Å². The number of phenolic OH excluding ortho intramolecular Hbond substituents is 1. The molecule has 0 spiro atoms. The molecule has 1 amide bonds. The van der Waals surface area contributed by atoms with Crippen LogP contribution in [0.2, 0.25) is 0 Å². The molecule has 4 atom stereocenters. The average Bonchev–Trinajstić information content (AvgIpc) is 2.63. The van der Waals surface area contributed by atoms with Crippen molar-refractivity contribution in [3.05, 3.63) is 37.7 Å². The number of primary amides is 1. The largest absolute Gasteiger partial charge is 0.512 e. The number of amides is 1. The highest BCUT2D eigenvalue weighted by Crippen LogP contribution is 2.53. The Morgan fingerprint density at radius 3 is 2.50 bits per heavy atom. The summed E-state index contributed by atoms with van der Waals surface area (Å²) >= 11 is 2.02. The van der Waals surface area contributed by atoms with Crippen LogP contribution in [-0.4, -0.2) is 41.1 Å². The van der Waals surface area contributed by atoms with Crippen LogP contribution >= 0.6 is 22.6 Å². The molecular formula is C22H25IN2O5. The molecule has 0 heterocycles. The fourth-order valence-electron chi connectivity index (χ4n) is 5.64. The number of hydrogen-bond acceptors (Lipinski definition) is 6. The number of nitrogens with two attached hydrogens (primary N) is 1. The highest BCUT2D eigenvalue weighted by Gasteiger charge is 2.50. The number of fused-ring (bicyclic) bond motifs is 3. The molecule has 1 fully saturated rings. The molecule has 0 saturated heterocycles. The number of carbonyl (C=O) groups excluding carboxylic acids is 2. The fraction of sp³-hybridized carbons (Fsp3) is 0.455. The van der Waals surface area contributed by atoms with Gasteiger partial charge in [0.2, 0.25) is 5.91 Å². The number of allylic oxidation sites excluding steroid dienone is 2. The Labute approximate surface area is 188 Å². The van der Waals surface area contributed by atoms with E-state index in [-0.39, 0.29) is 46.9 Å². The van der Waals surface area contributed by atoms with E-state index < -0.39 is 17.7 Å². The minimum Gasteiger partial charge on any atom is -0.512 e. The van der Waals surface area contributed by atoms with Crippen molar-refractivity contribution in [2.45, 2.75) is 26.2 Å². The fourth-order valence-corrected chi connectivity index (χ4v) is 6.21. The Hall–Kier alpha value is -2.23. The first kappa shape index (κ1) is 21.0. The number of aliphatic hydroxyl groups excluding tert-OH is 2. The second-order valence-corrected chi connectivity index (χ2v) is 9.90. The Kier molecular flexibility index (Phi) is 5.03. The normalized spacial score (nSPS) is 28.1. The average molecular weight is 524 g/mol. The van der Waals surface area contributed by atoms with Crippen molar-refractivity contribution >= 4 is 45.7 Å². The van der Waals surface area contributed by atoms with Crippen molar-refractivity contribution < 1.29 is 24.9 Å². The van der Waals surface area contributed by atoms with Gasteiger partial charge in [-0.2, -0.15) is 0 Å². The smallest absolute Gasteiger partial charge is 0.248 e. The van der Waals surface area contributed by atoms with Crippen LogP contribution in [0.25, 0.3) is 5.76 Å². The van der Waals surface area contributed by atoms with Crippen molar-refractivity contribution in [3.63, 3.8) is 0 Å². The first-order valence-electron chi connectivity index (χ1n) is 9.95. The van der Waals surface area contributed by atoms with Crippen molar-refractivity contribution in [1.82, 2.24) is 0 Å². The highest BCUT2D eigenvalue weighted by atomic mass is 127. The third-order valence-corrected chi connectivity index (χ3v) is 7.68. The van der Waals surface area contributed by atoms with Crippen LogP contribution in [0.3, 0.4) is 0 Å². The van der Waals surface area contributed by atoms with Gasteiger partial charge in [-0.15, -0.1) is 0 Å². The van der Waals surface area contributed by atoms with Gasteiger partial charge in [0.05, 0.1) is 14.7 Å². The van der Waals surface area contributed by atoms with E-state index in [9.17, 15) is 24.9 Å². The second kappa shape index (κ2) is 7.18. The number of nitrogens with zero attached hydrogens (tertiary/aromatic N) is 1. The Morgan fingerprint density at radius 2 is 1.90 bits per heavy atom. The van der Waals surface area contributed by atoms with Crippen LogP contribution in [0.4, 0.5) is 5.69 Å². The van der Waals surface area contributed by atoms with Crippen molar-refractivity contribution in [1.29, 1.82) is 0 Å². The molecule has 0 aliphatic heterocycles. The first-order valence-corrected chi connectivity index (χ1v) is 11.0. The number of anilines is 1. The van der Waals surface area contributed by atoms with E-state index in [2.05, 4.69) is 0 Å². The predicted molar refractivity (Wildman–Crippen MR) is 121 cm³/mol. The molecule has 5 N–H and O–H groups in total. The summed E-state index contributed by atoms with van der Waals surface area (Å²) in [5.41, 5.74) is 7.90. The van der Waals surface area contributed by atoms with Gasteiger partial charge >= 0.3 is 0 Å². The van der Waals surface area contributed by atoms with Gasteiger partial charge in [0.25, 0.3) is 0 Å². The molecule has 3 aliphatic carbocycles. The van der Waals surface area contributed by atoms with Crippen molar-refractivity contribution in [2.24, 2.45) is 29.4 Å². The van der Waals surface area contributed by atoms with E-state index in [1.807, 2.05) is 47.7 Å². The Bertz CT molecular complexity index is 1040. The van der Waals surface area contributed by atoms with Crippen LogP contribution < -0.4 is 10.6 Å². The van der Waals surface area contributed by atoms with Gasteiger partial charge in [-0.05, 0) is 58.9 Å². The maximum Gasteiger partial charge on any atom is 0.248 e. The lowest BCUT2D eigenvalue weighted by Crippen LogP contribution is -2.45. The summed E-state index contributed by atoms with van der Waals surface area (Å²) in [6.07, 6.45) is 1.35. The summed E-state index contributed by atoms with van der Waals surface area (Å²) in [6.45, 7) is 1.73. The number of rotatable bonds is 2. The standard InChI is InChI=1S/C22H25IN2O5/c1-8-15-10(6-14(26)16(8)22(24)30)4-9-5-11-13(25(2)3)7-12(23)19(27)18(11)21(29)17(9)20(15)28/h7-10,15,26-27,29H,4-6H2,1-3H3,(H2,24,30). The molecule has 0 bridgehead atoms. The van der Waals surface area contributed by atoms with Crippen molar-refractivity contribution in [3.8, 4) is 5.75 Å². The first-order chi connectivity index (χ1) is 14.0. The zero-order chi connectivity index (χ0) is 22.1. The molecule has 30 heavy (non-hydrogen) atoms. The number of hydrogen-bond donors (Lipinski definition) is 4. The summed E-state index contributed by atoms with van der Waals surface area (Å²) in [5, 5.41) is 32.3. The van der Waals surface area contributed by atoms with Gasteiger partial charge in [0.1, 0.15) is 17.3 Å². The molecule has 4 unspecified atom stereocenters. The van der Waals surface area contributed by atoms with E-state index in [1.165, 1.54) is 0 Å². The molecule has 7 nitrogen and oxygen atoms in total. The zero-order valence-corrected chi connectivity index (χ0v) is 19.2. The molecule has 4 rings (SSSR count). The van der Waals surface area contributed by atoms with E-state index in [0.29, 0.717) is 27.5 Å². The van der Waals surface area contributed by atoms with Gasteiger partial charge in [-0.3, -0.25) is 9.59 Å². The molecular weight excluding hydrogens is 499 g/mol. The third-order valence-electron chi connectivity index (χ3n) is 6.86. The van der Waals surface area contributed by atoms with E-state index in [0.717, 1.165) is 11.3 Å². The van der Waals surface area contributed by atoms with Crippen LogP contribution in [-0.2, 0) is 16.0 Å². The SMILES string of the molecule is CC1C(C(N)=O)=C(O)CC2CC3Cc4c(N(C)C)cc(I)c(O)c4C(O)=C3C(=O)C21. The quantitative estimate of drug-likeness (QED) is 0.441. The number of benzene rings is 1. The minimum absolute atomic E-state index is 0.0263. The summed E-state index contributed by atoms with van der Waals surface area (Å²) in [4.78, 5) is 27.3. The summed E-state index contributed by atoms with van der Waals surface area (Å²) in [6, 6.07) is 1.87. The number of aromatic hydroxyl groups is 1. The number of carbonyl (C=O) groups is 2. The number of phenols is 1. The van der Waals surface area contributed by atoms with Crippen molar-refractivity contribution in [2.75, 3.05) is 19.0 Å². The second-order valence-electron chi connectivity index (χ2n) is 8.74. The molecule has 1 aromatic rings. The van der Waals surface area contributed by atoms with Crippen LogP contribution in [0.5, 0.6) is 5.75 Å². The molecule has 1 saturated carbocycles. The van der Waals surface area contributed by atoms with Crippen LogP contribution in [0.15, 0.2) is 23.0 Å². The van der Waals surface area contributed by atoms with Gasteiger partial charge in [-0.25, -0.2) is 0 Å². The number of aliphatic hydroxyl groups is 2. The third kappa shape index (κ3) is 2.91. The lowest BCUT2D eigenvalue weighted by atomic mass is 9.58.